The van der Waals surface area contributed by atoms with Crippen LogP contribution in [-0.2, 0) is 19.1 Å². The summed E-state index contributed by atoms with van der Waals surface area (Å²) >= 11 is 3.35. The Balaban J connectivity index is 2.76. The molecule has 1 amide bonds. The zero-order valence-electron chi connectivity index (χ0n) is 11.5. The van der Waals surface area contributed by atoms with Gasteiger partial charge in [0.05, 0.1) is 19.6 Å². The first-order valence-electron chi connectivity index (χ1n) is 6.26. The van der Waals surface area contributed by atoms with E-state index in [4.69, 9.17) is 4.74 Å². The van der Waals surface area contributed by atoms with E-state index in [1.54, 1.807) is 0 Å². The lowest BCUT2D eigenvalue weighted by Gasteiger charge is -2.18. The maximum atomic E-state index is 11.7. The summed E-state index contributed by atoms with van der Waals surface area (Å²) in [4.78, 5) is 23.2. The van der Waals surface area contributed by atoms with Crippen molar-refractivity contribution in [3.63, 3.8) is 0 Å². The Morgan fingerprint density at radius 1 is 1.30 bits per heavy atom. The van der Waals surface area contributed by atoms with Crippen molar-refractivity contribution in [3.05, 3.63) is 34.3 Å². The number of hydrogen-bond donors (Lipinski definition) is 1. The number of carbonyl (C=O) groups is 2. The van der Waals surface area contributed by atoms with Gasteiger partial charge in [-0.25, -0.2) is 0 Å². The zero-order chi connectivity index (χ0) is 15.0. The lowest BCUT2D eigenvalue weighted by atomic mass is 10.0. The predicted molar refractivity (Wildman–Crippen MR) is 78.2 cm³/mol. The molecular formula is C14H18BrNO4. The summed E-state index contributed by atoms with van der Waals surface area (Å²) in [6, 6.07) is 6.98. The van der Waals surface area contributed by atoms with Crippen molar-refractivity contribution in [2.75, 3.05) is 20.3 Å². The van der Waals surface area contributed by atoms with Crippen LogP contribution in [0.4, 0.5) is 0 Å². The highest BCUT2D eigenvalue weighted by atomic mass is 79.9. The number of carbonyl (C=O) groups excluding carboxylic acids is 2. The van der Waals surface area contributed by atoms with E-state index in [1.807, 2.05) is 31.2 Å². The molecule has 1 unspecified atom stereocenters. The van der Waals surface area contributed by atoms with Crippen molar-refractivity contribution in [1.29, 1.82) is 0 Å². The van der Waals surface area contributed by atoms with Crippen LogP contribution in [0.15, 0.2) is 28.7 Å². The van der Waals surface area contributed by atoms with Crippen molar-refractivity contribution in [3.8, 4) is 0 Å². The van der Waals surface area contributed by atoms with E-state index in [2.05, 4.69) is 26.0 Å². The first-order valence-corrected chi connectivity index (χ1v) is 7.05. The summed E-state index contributed by atoms with van der Waals surface area (Å²) in [5.74, 6) is -0.640. The molecule has 0 saturated heterocycles. The Kier molecular flexibility index (Phi) is 7.25. The first kappa shape index (κ1) is 16.7. The molecule has 1 aromatic carbocycles. The number of rotatable bonds is 7. The Morgan fingerprint density at radius 2 is 1.95 bits per heavy atom. The van der Waals surface area contributed by atoms with Crippen LogP contribution in [0.3, 0.4) is 0 Å². The van der Waals surface area contributed by atoms with Crippen molar-refractivity contribution in [1.82, 2.24) is 5.32 Å². The van der Waals surface area contributed by atoms with Gasteiger partial charge in [-0.3, -0.25) is 9.59 Å². The van der Waals surface area contributed by atoms with E-state index in [0.717, 1.165) is 10.0 Å². The van der Waals surface area contributed by atoms with Crippen LogP contribution in [0.25, 0.3) is 0 Å². The van der Waals surface area contributed by atoms with Gasteiger partial charge in [-0.15, -0.1) is 0 Å². The molecule has 1 atom stereocenters. The maximum Gasteiger partial charge on any atom is 0.307 e. The Morgan fingerprint density at radius 3 is 2.50 bits per heavy atom. The Labute approximate surface area is 126 Å². The minimum Gasteiger partial charge on any atom is -0.469 e. The molecule has 0 aliphatic heterocycles. The van der Waals surface area contributed by atoms with Crippen LogP contribution in [-0.4, -0.2) is 32.2 Å². The molecule has 20 heavy (non-hydrogen) atoms. The number of ether oxygens (including phenoxy) is 2. The molecule has 110 valence electrons. The van der Waals surface area contributed by atoms with Crippen LogP contribution >= 0.6 is 15.9 Å². The lowest BCUT2D eigenvalue weighted by Crippen LogP contribution is -2.33. The van der Waals surface area contributed by atoms with Gasteiger partial charge in [0.15, 0.2) is 0 Å². The number of nitrogens with one attached hydrogen (secondary N) is 1. The Hall–Kier alpha value is -1.40. The van der Waals surface area contributed by atoms with Gasteiger partial charge in [0.1, 0.15) is 6.61 Å². The third-order valence-electron chi connectivity index (χ3n) is 2.64. The molecule has 1 rings (SSSR count). The van der Waals surface area contributed by atoms with Gasteiger partial charge >= 0.3 is 5.97 Å². The third-order valence-corrected chi connectivity index (χ3v) is 3.17. The summed E-state index contributed by atoms with van der Waals surface area (Å²) in [6.07, 6.45) is 0.0794. The van der Waals surface area contributed by atoms with Gasteiger partial charge < -0.3 is 14.8 Å². The summed E-state index contributed by atoms with van der Waals surface area (Å²) < 4.78 is 10.6. The maximum absolute atomic E-state index is 11.7. The molecule has 6 heteroatoms. The molecule has 0 radical (unpaired) electrons. The fourth-order valence-corrected chi connectivity index (χ4v) is 1.89. The molecule has 0 bridgehead atoms. The van der Waals surface area contributed by atoms with Crippen molar-refractivity contribution in [2.24, 2.45) is 0 Å². The SMILES string of the molecule is CCOCC(=O)NC(CC(=O)OC)c1ccc(Br)cc1. The van der Waals surface area contributed by atoms with Crippen LogP contribution in [0.5, 0.6) is 0 Å². The summed E-state index contributed by atoms with van der Waals surface area (Å²) in [6.45, 7) is 2.26. The average Bonchev–Trinajstić information content (AvgIpc) is 2.45. The average molecular weight is 344 g/mol. The number of hydrogen-bond acceptors (Lipinski definition) is 4. The van der Waals surface area contributed by atoms with Crippen LogP contribution in [0.1, 0.15) is 24.9 Å². The predicted octanol–water partition coefficient (Wildman–Crippen LogP) is 2.21. The Bertz CT molecular complexity index is 447. The van der Waals surface area contributed by atoms with Crippen LogP contribution in [0, 0.1) is 0 Å². The molecule has 1 N–H and O–H groups in total. The van der Waals surface area contributed by atoms with Gasteiger partial charge in [-0.05, 0) is 24.6 Å². The molecule has 5 nitrogen and oxygen atoms in total. The number of benzene rings is 1. The molecule has 0 aliphatic carbocycles. The monoisotopic (exact) mass is 343 g/mol. The summed E-state index contributed by atoms with van der Waals surface area (Å²) in [5.41, 5.74) is 0.837. The van der Waals surface area contributed by atoms with E-state index in [9.17, 15) is 9.59 Å². The van der Waals surface area contributed by atoms with Crippen LogP contribution in [0.2, 0.25) is 0 Å². The number of esters is 1. The van der Waals surface area contributed by atoms with E-state index in [0.29, 0.717) is 6.61 Å². The van der Waals surface area contributed by atoms with Gasteiger partial charge in [-0.2, -0.15) is 0 Å². The van der Waals surface area contributed by atoms with E-state index < -0.39 is 6.04 Å². The van der Waals surface area contributed by atoms with E-state index in [-0.39, 0.29) is 24.9 Å². The van der Waals surface area contributed by atoms with Gasteiger partial charge in [-0.1, -0.05) is 28.1 Å². The molecule has 0 aromatic heterocycles. The minimum absolute atomic E-state index is 0.0231. The molecule has 0 saturated carbocycles. The van der Waals surface area contributed by atoms with Crippen molar-refractivity contribution in [2.45, 2.75) is 19.4 Å². The molecule has 0 heterocycles. The summed E-state index contributed by atoms with van der Waals surface area (Å²) in [7, 11) is 1.32. The third kappa shape index (κ3) is 5.71. The second-order valence-corrected chi connectivity index (χ2v) is 5.00. The quantitative estimate of drug-likeness (QED) is 0.771. The van der Waals surface area contributed by atoms with Crippen LogP contribution < -0.4 is 5.32 Å². The topological polar surface area (TPSA) is 64.6 Å². The van der Waals surface area contributed by atoms with Gasteiger partial charge in [0.25, 0.3) is 0 Å². The zero-order valence-corrected chi connectivity index (χ0v) is 13.1. The standard InChI is InChI=1S/C14H18BrNO4/c1-3-20-9-13(17)16-12(8-14(18)19-2)10-4-6-11(15)7-5-10/h4-7,12H,3,8-9H2,1-2H3,(H,16,17). The fraction of sp³-hybridized carbons (Fsp3) is 0.429. The number of halogens is 1. The second kappa shape index (κ2) is 8.71. The minimum atomic E-state index is -0.427. The van der Waals surface area contributed by atoms with Crippen molar-refractivity contribution >= 4 is 27.8 Å². The molecular weight excluding hydrogens is 326 g/mol. The lowest BCUT2D eigenvalue weighted by molar-refractivity contribution is -0.141. The van der Waals surface area contributed by atoms with Crippen molar-refractivity contribution < 1.29 is 19.1 Å². The largest absolute Gasteiger partial charge is 0.469 e. The first-order chi connectivity index (χ1) is 9.56. The molecule has 0 fully saturated rings. The van der Waals surface area contributed by atoms with Gasteiger partial charge in [0.2, 0.25) is 5.91 Å². The fourth-order valence-electron chi connectivity index (χ4n) is 1.63. The second-order valence-electron chi connectivity index (χ2n) is 4.09. The smallest absolute Gasteiger partial charge is 0.307 e. The van der Waals surface area contributed by atoms with E-state index >= 15 is 0 Å². The van der Waals surface area contributed by atoms with Gasteiger partial charge in [0, 0.05) is 11.1 Å². The molecule has 0 spiro atoms. The summed E-state index contributed by atoms with van der Waals surface area (Å²) in [5, 5.41) is 2.77. The molecule has 1 aromatic rings. The number of methoxy groups -OCH3 is 1. The molecule has 0 aliphatic rings. The highest BCUT2D eigenvalue weighted by Gasteiger charge is 2.18. The van der Waals surface area contributed by atoms with E-state index in [1.165, 1.54) is 7.11 Å². The number of amides is 1. The highest BCUT2D eigenvalue weighted by Crippen LogP contribution is 2.20. The normalized spacial score (nSPS) is 11.8. The highest BCUT2D eigenvalue weighted by molar-refractivity contribution is 9.10.